The zero-order valence-corrected chi connectivity index (χ0v) is 12.1. The lowest BCUT2D eigenvalue weighted by Crippen LogP contribution is -2.18. The maximum Gasteiger partial charge on any atom is 0.335 e. The highest BCUT2D eigenvalue weighted by atomic mass is 35.5. The predicted molar refractivity (Wildman–Crippen MR) is 80.1 cm³/mol. The predicted octanol–water partition coefficient (Wildman–Crippen LogP) is 3.90. The summed E-state index contributed by atoms with van der Waals surface area (Å²) in [5.41, 5.74) is 2.24. The van der Waals surface area contributed by atoms with Crippen LogP contribution in [0.25, 0.3) is 0 Å². The molecule has 0 unspecified atom stereocenters. The second kappa shape index (κ2) is 5.92. The summed E-state index contributed by atoms with van der Waals surface area (Å²) in [5, 5.41) is 9.26. The summed E-state index contributed by atoms with van der Waals surface area (Å²) in [6.45, 7) is 4.65. The molecule has 1 heterocycles. The number of carboxylic acids is 1. The standard InChI is InChI=1S/C15H15ClN2O2/c1-3-18(12-6-4-10(2)5-7-12)14-9-11(15(19)20)8-13(16)17-14/h4-9H,3H2,1-2H3,(H,19,20). The first-order valence-corrected chi connectivity index (χ1v) is 6.64. The monoisotopic (exact) mass is 290 g/mol. The maximum absolute atomic E-state index is 11.1. The number of rotatable bonds is 4. The Morgan fingerprint density at radius 1 is 1.30 bits per heavy atom. The van der Waals surface area contributed by atoms with Gasteiger partial charge in [-0.15, -0.1) is 0 Å². The van der Waals surface area contributed by atoms with E-state index in [0.717, 1.165) is 11.3 Å². The van der Waals surface area contributed by atoms with Crippen LogP contribution in [0.2, 0.25) is 5.15 Å². The summed E-state index contributed by atoms with van der Waals surface area (Å²) in [6.07, 6.45) is 0. The summed E-state index contributed by atoms with van der Waals surface area (Å²) in [5.74, 6) is -0.489. The molecule has 2 aromatic rings. The van der Waals surface area contributed by atoms with Crippen LogP contribution in [0.4, 0.5) is 11.5 Å². The lowest BCUT2D eigenvalue weighted by atomic mass is 10.2. The fourth-order valence-electron chi connectivity index (χ4n) is 1.95. The number of hydrogen-bond donors (Lipinski definition) is 1. The van der Waals surface area contributed by atoms with Crippen LogP contribution in [0.15, 0.2) is 36.4 Å². The van der Waals surface area contributed by atoms with Gasteiger partial charge in [-0.25, -0.2) is 9.78 Å². The highest BCUT2D eigenvalue weighted by Crippen LogP contribution is 2.26. The van der Waals surface area contributed by atoms with Crippen molar-refractivity contribution >= 4 is 29.1 Å². The van der Waals surface area contributed by atoms with E-state index < -0.39 is 5.97 Å². The summed E-state index contributed by atoms with van der Waals surface area (Å²) in [4.78, 5) is 17.2. The molecular formula is C15H15ClN2O2. The van der Waals surface area contributed by atoms with Gasteiger partial charge in [-0.1, -0.05) is 29.3 Å². The summed E-state index contributed by atoms with van der Waals surface area (Å²) < 4.78 is 0. The molecule has 1 N–H and O–H groups in total. The van der Waals surface area contributed by atoms with Crippen molar-refractivity contribution < 1.29 is 9.90 Å². The fraction of sp³-hybridized carbons (Fsp3) is 0.200. The second-order valence-electron chi connectivity index (χ2n) is 4.42. The Balaban J connectivity index is 2.46. The molecule has 0 fully saturated rings. The van der Waals surface area contributed by atoms with Gasteiger partial charge in [0.2, 0.25) is 0 Å². The Morgan fingerprint density at radius 3 is 2.50 bits per heavy atom. The number of hydrogen-bond acceptors (Lipinski definition) is 3. The normalized spacial score (nSPS) is 10.3. The zero-order chi connectivity index (χ0) is 14.7. The number of aromatic nitrogens is 1. The summed E-state index contributed by atoms with van der Waals surface area (Å²) in [6, 6.07) is 10.8. The molecular weight excluding hydrogens is 276 g/mol. The quantitative estimate of drug-likeness (QED) is 0.868. The molecule has 0 spiro atoms. The third-order valence-corrected chi connectivity index (χ3v) is 3.16. The van der Waals surface area contributed by atoms with Gasteiger partial charge in [0, 0.05) is 12.2 Å². The molecule has 0 bridgehead atoms. The number of carboxylic acid groups (broad SMARTS) is 1. The van der Waals surface area contributed by atoms with Crippen molar-refractivity contribution in [2.45, 2.75) is 13.8 Å². The maximum atomic E-state index is 11.1. The smallest absolute Gasteiger partial charge is 0.335 e. The third kappa shape index (κ3) is 3.08. The number of benzene rings is 1. The largest absolute Gasteiger partial charge is 0.478 e. The third-order valence-electron chi connectivity index (χ3n) is 2.97. The van der Waals surface area contributed by atoms with E-state index in [1.54, 1.807) is 0 Å². The van der Waals surface area contributed by atoms with Crippen molar-refractivity contribution in [2.75, 3.05) is 11.4 Å². The van der Waals surface area contributed by atoms with E-state index in [1.165, 1.54) is 12.1 Å². The van der Waals surface area contributed by atoms with Crippen molar-refractivity contribution in [1.82, 2.24) is 4.98 Å². The van der Waals surface area contributed by atoms with Crippen LogP contribution < -0.4 is 4.90 Å². The van der Waals surface area contributed by atoms with Crippen molar-refractivity contribution in [2.24, 2.45) is 0 Å². The Labute approximate surface area is 122 Å². The minimum absolute atomic E-state index is 0.130. The molecule has 0 atom stereocenters. The highest BCUT2D eigenvalue weighted by Gasteiger charge is 2.13. The Kier molecular flexibility index (Phi) is 4.25. The van der Waals surface area contributed by atoms with Gasteiger partial charge in [-0.05, 0) is 38.1 Å². The molecule has 2 rings (SSSR count). The molecule has 0 radical (unpaired) electrons. The number of nitrogens with zero attached hydrogens (tertiary/aromatic N) is 2. The van der Waals surface area contributed by atoms with Gasteiger partial charge in [0.1, 0.15) is 11.0 Å². The Bertz CT molecular complexity index is 626. The van der Waals surface area contributed by atoms with Gasteiger partial charge in [-0.3, -0.25) is 0 Å². The molecule has 4 nitrogen and oxygen atoms in total. The number of pyridine rings is 1. The first kappa shape index (κ1) is 14.3. The number of halogens is 1. The molecule has 0 amide bonds. The molecule has 104 valence electrons. The van der Waals surface area contributed by atoms with Gasteiger partial charge in [0.15, 0.2) is 0 Å². The number of aryl methyl sites for hydroxylation is 1. The SMILES string of the molecule is CCN(c1ccc(C)cc1)c1cc(C(=O)O)cc(Cl)n1. The molecule has 0 saturated carbocycles. The van der Waals surface area contributed by atoms with E-state index in [2.05, 4.69) is 4.98 Å². The van der Waals surface area contributed by atoms with E-state index in [9.17, 15) is 4.79 Å². The molecule has 0 saturated heterocycles. The van der Waals surface area contributed by atoms with Crippen molar-refractivity contribution in [3.63, 3.8) is 0 Å². The van der Waals surface area contributed by atoms with Crippen LogP contribution in [0.1, 0.15) is 22.8 Å². The van der Waals surface area contributed by atoms with E-state index in [4.69, 9.17) is 16.7 Å². The average Bonchev–Trinajstić information content (AvgIpc) is 2.41. The lowest BCUT2D eigenvalue weighted by molar-refractivity contribution is 0.0697. The number of anilines is 2. The first-order valence-electron chi connectivity index (χ1n) is 6.26. The summed E-state index contributed by atoms with van der Waals surface area (Å²) in [7, 11) is 0. The number of carbonyl (C=O) groups is 1. The van der Waals surface area contributed by atoms with Gasteiger partial charge in [0.25, 0.3) is 0 Å². The molecule has 5 heteroatoms. The van der Waals surface area contributed by atoms with Crippen molar-refractivity contribution in [1.29, 1.82) is 0 Å². The average molecular weight is 291 g/mol. The molecule has 0 aliphatic rings. The molecule has 0 aliphatic heterocycles. The van der Waals surface area contributed by atoms with E-state index >= 15 is 0 Å². The highest BCUT2D eigenvalue weighted by molar-refractivity contribution is 6.29. The van der Waals surface area contributed by atoms with Crippen LogP contribution >= 0.6 is 11.6 Å². The van der Waals surface area contributed by atoms with Gasteiger partial charge < -0.3 is 10.0 Å². The minimum Gasteiger partial charge on any atom is -0.478 e. The first-order chi connectivity index (χ1) is 9.51. The number of aromatic carboxylic acids is 1. The molecule has 1 aromatic heterocycles. The van der Waals surface area contributed by atoms with Crippen molar-refractivity contribution in [3.8, 4) is 0 Å². The molecule has 0 aliphatic carbocycles. The second-order valence-corrected chi connectivity index (χ2v) is 4.81. The van der Waals surface area contributed by atoms with Gasteiger partial charge in [0.05, 0.1) is 5.56 Å². The van der Waals surface area contributed by atoms with E-state index in [1.807, 2.05) is 43.0 Å². The van der Waals surface area contributed by atoms with E-state index in [-0.39, 0.29) is 10.7 Å². The van der Waals surface area contributed by atoms with Crippen LogP contribution in [0.3, 0.4) is 0 Å². The van der Waals surface area contributed by atoms with Crippen molar-refractivity contribution in [3.05, 3.63) is 52.7 Å². The topological polar surface area (TPSA) is 53.4 Å². The van der Waals surface area contributed by atoms with Crippen LogP contribution in [-0.2, 0) is 0 Å². The zero-order valence-electron chi connectivity index (χ0n) is 11.3. The fourth-order valence-corrected chi connectivity index (χ4v) is 2.15. The van der Waals surface area contributed by atoms with Gasteiger partial charge >= 0.3 is 5.97 Å². The van der Waals surface area contributed by atoms with Gasteiger partial charge in [-0.2, -0.15) is 0 Å². The lowest BCUT2D eigenvalue weighted by Gasteiger charge is -2.22. The van der Waals surface area contributed by atoms with Crippen LogP contribution in [0, 0.1) is 6.92 Å². The van der Waals surface area contributed by atoms with Crippen LogP contribution in [0.5, 0.6) is 0 Å². The summed E-state index contributed by atoms with van der Waals surface area (Å²) >= 11 is 5.91. The Morgan fingerprint density at radius 2 is 1.95 bits per heavy atom. The Hall–Kier alpha value is -2.07. The molecule has 20 heavy (non-hydrogen) atoms. The molecule has 1 aromatic carbocycles. The minimum atomic E-state index is -1.02. The van der Waals surface area contributed by atoms with Crippen LogP contribution in [-0.4, -0.2) is 22.6 Å². The van der Waals surface area contributed by atoms with E-state index in [0.29, 0.717) is 12.4 Å².